The Morgan fingerprint density at radius 3 is 2.26 bits per heavy atom. The Kier molecular flexibility index (Phi) is 4.14. The highest BCUT2D eigenvalue weighted by molar-refractivity contribution is 6.39. The molecule has 5 heteroatoms. The number of carbonyl (C=O) groups excluding carboxylic acids is 1. The second kappa shape index (κ2) is 5.49. The monoisotopic (exact) mass is 316 g/mol. The first-order valence-corrected chi connectivity index (χ1v) is 6.49. The molecule has 0 radical (unpaired) electrons. The van der Waals surface area contributed by atoms with Crippen molar-refractivity contribution < 1.29 is 9.18 Å². The van der Waals surface area contributed by atoms with Crippen LogP contribution in [0.4, 0.5) is 4.39 Å². The summed E-state index contributed by atoms with van der Waals surface area (Å²) in [5, 5.41) is 0.720. The zero-order chi connectivity index (χ0) is 14.2. The van der Waals surface area contributed by atoms with Gasteiger partial charge in [0.05, 0.1) is 10.0 Å². The van der Waals surface area contributed by atoms with Crippen LogP contribution in [0.1, 0.15) is 21.5 Å². The molecular formula is C14H8Cl3FO. The summed E-state index contributed by atoms with van der Waals surface area (Å²) in [6.07, 6.45) is 0. The highest BCUT2D eigenvalue weighted by Gasteiger charge is 2.17. The molecule has 2 rings (SSSR count). The molecule has 0 N–H and O–H groups in total. The summed E-state index contributed by atoms with van der Waals surface area (Å²) in [7, 11) is 0. The van der Waals surface area contributed by atoms with Gasteiger partial charge in [-0.3, -0.25) is 4.79 Å². The average molecular weight is 318 g/mol. The fourth-order valence-corrected chi connectivity index (χ4v) is 2.38. The quantitative estimate of drug-likeness (QED) is 0.685. The van der Waals surface area contributed by atoms with Crippen LogP contribution < -0.4 is 0 Å². The lowest BCUT2D eigenvalue weighted by molar-refractivity contribution is 0.103. The lowest BCUT2D eigenvalue weighted by atomic mass is 10.0. The van der Waals surface area contributed by atoms with E-state index >= 15 is 0 Å². The molecule has 0 bridgehead atoms. The first kappa shape index (κ1) is 14.3. The van der Waals surface area contributed by atoms with Crippen molar-refractivity contribution in [3.63, 3.8) is 0 Å². The number of aryl methyl sites for hydroxylation is 1. The molecular weight excluding hydrogens is 310 g/mol. The zero-order valence-electron chi connectivity index (χ0n) is 9.81. The number of ketones is 1. The Balaban J connectivity index is 2.53. The van der Waals surface area contributed by atoms with E-state index in [9.17, 15) is 9.18 Å². The summed E-state index contributed by atoms with van der Waals surface area (Å²) >= 11 is 17.6. The van der Waals surface area contributed by atoms with Gasteiger partial charge >= 0.3 is 0 Å². The lowest BCUT2D eigenvalue weighted by Gasteiger charge is -2.08. The lowest BCUT2D eigenvalue weighted by Crippen LogP contribution is -2.04. The normalized spacial score (nSPS) is 10.6. The second-order valence-corrected chi connectivity index (χ2v) is 5.29. The van der Waals surface area contributed by atoms with Gasteiger partial charge in [0.2, 0.25) is 0 Å². The van der Waals surface area contributed by atoms with E-state index in [2.05, 4.69) is 0 Å². The first-order valence-electron chi connectivity index (χ1n) is 5.35. The Morgan fingerprint density at radius 1 is 1.00 bits per heavy atom. The van der Waals surface area contributed by atoms with Crippen LogP contribution in [0.2, 0.25) is 15.1 Å². The Labute approximate surface area is 124 Å². The number of halogens is 4. The van der Waals surface area contributed by atoms with Crippen LogP contribution in [0.25, 0.3) is 0 Å². The van der Waals surface area contributed by atoms with E-state index in [1.54, 1.807) is 13.0 Å². The summed E-state index contributed by atoms with van der Waals surface area (Å²) in [4.78, 5) is 12.3. The molecule has 0 fully saturated rings. The standard InChI is InChI=1S/C14H8Cl3FO/c1-7-4-10(12(17)6-13(7)18)14(19)9-3-2-8(15)5-11(9)16/h2-6H,1H3. The summed E-state index contributed by atoms with van der Waals surface area (Å²) < 4.78 is 13.3. The fraction of sp³-hybridized carbons (Fsp3) is 0.0714. The number of carbonyl (C=O) groups is 1. The SMILES string of the molecule is Cc1cc(C(=O)c2ccc(Cl)cc2Cl)c(Cl)cc1F. The fourth-order valence-electron chi connectivity index (χ4n) is 1.65. The van der Waals surface area contributed by atoms with Gasteiger partial charge < -0.3 is 0 Å². The van der Waals surface area contributed by atoms with E-state index in [1.165, 1.54) is 18.2 Å². The smallest absolute Gasteiger partial charge is 0.196 e. The number of benzene rings is 2. The molecule has 0 heterocycles. The highest BCUT2D eigenvalue weighted by Crippen LogP contribution is 2.27. The second-order valence-electron chi connectivity index (χ2n) is 4.03. The summed E-state index contributed by atoms with van der Waals surface area (Å²) in [5.74, 6) is -0.821. The van der Waals surface area contributed by atoms with E-state index in [0.29, 0.717) is 10.6 Å². The molecule has 0 unspecified atom stereocenters. The minimum atomic E-state index is -0.455. The van der Waals surface area contributed by atoms with Crippen LogP contribution in [0.5, 0.6) is 0 Å². The molecule has 0 atom stereocenters. The van der Waals surface area contributed by atoms with E-state index in [4.69, 9.17) is 34.8 Å². The van der Waals surface area contributed by atoms with E-state index in [0.717, 1.165) is 6.07 Å². The molecule has 2 aromatic carbocycles. The van der Waals surface area contributed by atoms with Crippen molar-refractivity contribution in [1.82, 2.24) is 0 Å². The van der Waals surface area contributed by atoms with Gasteiger partial charge in [-0.15, -0.1) is 0 Å². The number of hydrogen-bond acceptors (Lipinski definition) is 1. The van der Waals surface area contributed by atoms with Gasteiger partial charge in [-0.05, 0) is 42.8 Å². The van der Waals surface area contributed by atoms with Gasteiger partial charge in [0.15, 0.2) is 5.78 Å². The van der Waals surface area contributed by atoms with Crippen LogP contribution in [-0.2, 0) is 0 Å². The largest absolute Gasteiger partial charge is 0.288 e. The van der Waals surface area contributed by atoms with Crippen molar-refractivity contribution in [1.29, 1.82) is 0 Å². The van der Waals surface area contributed by atoms with Crippen molar-refractivity contribution in [2.24, 2.45) is 0 Å². The van der Waals surface area contributed by atoms with Crippen LogP contribution in [0.15, 0.2) is 30.3 Å². The van der Waals surface area contributed by atoms with E-state index in [-0.39, 0.29) is 27.0 Å². The number of rotatable bonds is 2. The van der Waals surface area contributed by atoms with Crippen molar-refractivity contribution in [2.75, 3.05) is 0 Å². The average Bonchev–Trinajstić information content (AvgIpc) is 2.33. The van der Waals surface area contributed by atoms with Gasteiger partial charge in [0.1, 0.15) is 5.82 Å². The van der Waals surface area contributed by atoms with Crippen LogP contribution >= 0.6 is 34.8 Å². The van der Waals surface area contributed by atoms with Gasteiger partial charge in [-0.25, -0.2) is 4.39 Å². The minimum absolute atomic E-state index is 0.0547. The Hall–Kier alpha value is -1.09. The molecule has 0 saturated heterocycles. The molecule has 0 aliphatic carbocycles. The molecule has 0 saturated carbocycles. The highest BCUT2D eigenvalue weighted by atomic mass is 35.5. The molecule has 0 amide bonds. The minimum Gasteiger partial charge on any atom is -0.288 e. The van der Waals surface area contributed by atoms with Gasteiger partial charge in [0, 0.05) is 16.1 Å². The predicted octanol–water partition coefficient (Wildman–Crippen LogP) is 5.33. The Morgan fingerprint density at radius 2 is 1.63 bits per heavy atom. The third-order valence-corrected chi connectivity index (χ3v) is 3.53. The van der Waals surface area contributed by atoms with Gasteiger partial charge in [-0.1, -0.05) is 34.8 Å². The maximum Gasteiger partial charge on any atom is 0.196 e. The zero-order valence-corrected chi connectivity index (χ0v) is 12.1. The molecule has 0 aromatic heterocycles. The third kappa shape index (κ3) is 2.92. The molecule has 0 aliphatic rings. The van der Waals surface area contributed by atoms with Crippen LogP contribution in [0, 0.1) is 12.7 Å². The van der Waals surface area contributed by atoms with Gasteiger partial charge in [-0.2, -0.15) is 0 Å². The summed E-state index contributed by atoms with van der Waals surface area (Å²) in [6, 6.07) is 7.08. The Bertz CT molecular complexity index is 668. The van der Waals surface area contributed by atoms with Crippen molar-refractivity contribution in [2.45, 2.75) is 6.92 Å². The molecule has 0 spiro atoms. The van der Waals surface area contributed by atoms with Crippen molar-refractivity contribution >= 4 is 40.6 Å². The molecule has 98 valence electrons. The molecule has 0 aliphatic heterocycles. The van der Waals surface area contributed by atoms with Gasteiger partial charge in [0.25, 0.3) is 0 Å². The first-order chi connectivity index (χ1) is 8.90. The summed E-state index contributed by atoms with van der Waals surface area (Å²) in [6.45, 7) is 1.56. The third-order valence-electron chi connectivity index (χ3n) is 2.67. The van der Waals surface area contributed by atoms with Crippen LogP contribution in [-0.4, -0.2) is 5.78 Å². The van der Waals surface area contributed by atoms with E-state index in [1.807, 2.05) is 0 Å². The van der Waals surface area contributed by atoms with Crippen LogP contribution in [0.3, 0.4) is 0 Å². The molecule has 2 aromatic rings. The van der Waals surface area contributed by atoms with E-state index < -0.39 is 5.82 Å². The number of hydrogen-bond donors (Lipinski definition) is 0. The summed E-state index contributed by atoms with van der Waals surface area (Å²) in [5.41, 5.74) is 0.835. The molecule has 19 heavy (non-hydrogen) atoms. The predicted molar refractivity (Wildman–Crippen MR) is 76.0 cm³/mol. The van der Waals surface area contributed by atoms with Crippen molar-refractivity contribution in [3.8, 4) is 0 Å². The maximum absolute atomic E-state index is 13.3. The molecule has 1 nitrogen and oxygen atoms in total. The topological polar surface area (TPSA) is 17.1 Å². The van der Waals surface area contributed by atoms with Crippen molar-refractivity contribution in [3.05, 3.63) is 67.9 Å². The maximum atomic E-state index is 13.3.